The number of ether oxygens (including phenoxy) is 1. The fourth-order valence-corrected chi connectivity index (χ4v) is 4.54. The Kier molecular flexibility index (Phi) is 8.38. The maximum absolute atomic E-state index is 13.1. The Balaban J connectivity index is 2.18. The molecule has 1 aliphatic rings. The lowest BCUT2D eigenvalue weighted by Crippen LogP contribution is -2.46. The van der Waals surface area contributed by atoms with Gasteiger partial charge in [-0.25, -0.2) is 8.42 Å². The molecule has 3 N–H and O–H groups in total. The maximum atomic E-state index is 13.1. The van der Waals surface area contributed by atoms with Crippen LogP contribution in [0.1, 0.15) is 20.3 Å². The smallest absolute Gasteiger partial charge is 0.243 e. The molecule has 0 spiro atoms. The van der Waals surface area contributed by atoms with E-state index in [0.29, 0.717) is 23.2 Å². The Morgan fingerprint density at radius 2 is 1.83 bits per heavy atom. The van der Waals surface area contributed by atoms with Gasteiger partial charge in [-0.15, -0.1) is 0 Å². The Hall–Kier alpha value is -2.44. The highest BCUT2D eigenvalue weighted by Gasteiger charge is 2.29. The summed E-state index contributed by atoms with van der Waals surface area (Å²) in [5.41, 5.74) is 12.7. The first kappa shape index (κ1) is 23.8. The molecular formula is C22H28N2O5S. The number of hydrogen-bond acceptors (Lipinski definition) is 6. The van der Waals surface area contributed by atoms with Gasteiger partial charge in [0.25, 0.3) is 0 Å². The van der Waals surface area contributed by atoms with Gasteiger partial charge in [0.05, 0.1) is 23.7 Å². The van der Waals surface area contributed by atoms with Crippen LogP contribution in [-0.4, -0.2) is 56.5 Å². The number of methoxy groups -OCH3 is 1. The molecule has 0 heterocycles. The quantitative estimate of drug-likeness (QED) is 0.408. The van der Waals surface area contributed by atoms with Crippen LogP contribution in [0, 0.1) is 5.92 Å². The average Bonchev–Trinajstić information content (AvgIpc) is 2.73. The summed E-state index contributed by atoms with van der Waals surface area (Å²) >= 11 is 0. The lowest BCUT2D eigenvalue weighted by Gasteiger charge is -2.28. The van der Waals surface area contributed by atoms with Gasteiger partial charge in [0.15, 0.2) is 6.29 Å². The molecule has 30 heavy (non-hydrogen) atoms. The number of aliphatic hydroxyl groups is 1. The summed E-state index contributed by atoms with van der Waals surface area (Å²) in [4.78, 5) is 10.8. The van der Waals surface area contributed by atoms with E-state index in [9.17, 15) is 18.3 Å². The van der Waals surface area contributed by atoms with Crippen LogP contribution in [0.3, 0.4) is 0 Å². The van der Waals surface area contributed by atoms with Crippen molar-refractivity contribution in [2.75, 3.05) is 20.2 Å². The Bertz CT molecular complexity index is 983. The van der Waals surface area contributed by atoms with Crippen LogP contribution >= 0.6 is 0 Å². The first-order valence-electron chi connectivity index (χ1n) is 9.63. The number of allylic oxidation sites excluding steroid dienone is 3. The number of nitrogens with zero attached hydrogens (tertiary/aromatic N) is 1. The van der Waals surface area contributed by atoms with E-state index in [1.54, 1.807) is 24.3 Å². The molecule has 1 aromatic carbocycles. The predicted molar refractivity (Wildman–Crippen MR) is 114 cm³/mol. The molecule has 0 unspecified atom stereocenters. The summed E-state index contributed by atoms with van der Waals surface area (Å²) in [6.45, 7) is 3.92. The molecule has 162 valence electrons. The van der Waals surface area contributed by atoms with Crippen molar-refractivity contribution in [2.45, 2.75) is 37.3 Å². The minimum Gasteiger partial charge on any atom is -0.497 e. The van der Waals surface area contributed by atoms with Crippen LogP contribution in [0.4, 0.5) is 0 Å². The van der Waals surface area contributed by atoms with E-state index in [1.807, 2.05) is 13.8 Å². The summed E-state index contributed by atoms with van der Waals surface area (Å²) in [6, 6.07) is 5.41. The largest absolute Gasteiger partial charge is 0.497 e. The fourth-order valence-electron chi connectivity index (χ4n) is 2.92. The maximum Gasteiger partial charge on any atom is 0.243 e. The van der Waals surface area contributed by atoms with E-state index < -0.39 is 22.2 Å². The van der Waals surface area contributed by atoms with E-state index in [4.69, 9.17) is 10.5 Å². The van der Waals surface area contributed by atoms with Crippen molar-refractivity contribution in [2.24, 2.45) is 11.7 Å². The van der Waals surface area contributed by atoms with Gasteiger partial charge < -0.3 is 15.6 Å². The second-order valence-electron chi connectivity index (χ2n) is 7.51. The van der Waals surface area contributed by atoms with Crippen molar-refractivity contribution < 1.29 is 23.1 Å². The van der Waals surface area contributed by atoms with Crippen LogP contribution < -0.4 is 10.5 Å². The molecule has 0 aliphatic heterocycles. The lowest BCUT2D eigenvalue weighted by molar-refractivity contribution is -0.104. The highest BCUT2D eigenvalue weighted by molar-refractivity contribution is 7.89. The summed E-state index contributed by atoms with van der Waals surface area (Å²) < 4.78 is 32.6. The van der Waals surface area contributed by atoms with Gasteiger partial charge in [-0.2, -0.15) is 4.31 Å². The molecule has 0 fully saturated rings. The molecule has 2 rings (SSSR count). The van der Waals surface area contributed by atoms with Crippen LogP contribution in [0.2, 0.25) is 0 Å². The fraction of sp³-hybridized carbons (Fsp3) is 0.409. The van der Waals surface area contributed by atoms with Gasteiger partial charge in [-0.3, -0.25) is 4.79 Å². The molecule has 1 aromatic rings. The van der Waals surface area contributed by atoms with Crippen LogP contribution in [-0.2, 0) is 14.8 Å². The third-order valence-electron chi connectivity index (χ3n) is 4.56. The number of sulfonamides is 1. The van der Waals surface area contributed by atoms with E-state index in [2.05, 4.69) is 11.5 Å². The molecule has 0 saturated carbocycles. The standard InChI is InChI=1S/C22H28N2O5S/c1-16(2)13-24(30(27,28)20-10-8-19(29-3)9-11-20)14-22(26)21(23)12-17-4-6-18(15-25)7-5-17/h4,6,8-11,15-16,21-22,26H,12-14,23H2,1-3H3/t21-,22-/m0/s1. The summed E-state index contributed by atoms with van der Waals surface area (Å²) in [5.74, 6) is 0.611. The molecule has 7 nitrogen and oxygen atoms in total. The van der Waals surface area contributed by atoms with Crippen LogP contribution in [0.5, 0.6) is 5.75 Å². The van der Waals surface area contributed by atoms with Gasteiger partial charge in [-0.1, -0.05) is 25.3 Å². The summed E-state index contributed by atoms with van der Waals surface area (Å²) in [5, 5.41) is 10.6. The number of aldehydes is 1. The van der Waals surface area contributed by atoms with E-state index in [1.165, 1.54) is 23.5 Å². The van der Waals surface area contributed by atoms with Crippen molar-refractivity contribution in [3.05, 3.63) is 59.0 Å². The Morgan fingerprint density at radius 3 is 2.33 bits per heavy atom. The molecule has 8 heteroatoms. The highest BCUT2D eigenvalue weighted by Crippen LogP contribution is 2.22. The molecule has 0 radical (unpaired) electrons. The number of benzene rings is 1. The first-order chi connectivity index (χ1) is 14.2. The van der Waals surface area contributed by atoms with Crippen LogP contribution in [0.15, 0.2) is 63.9 Å². The van der Waals surface area contributed by atoms with Crippen LogP contribution in [0.25, 0.3) is 0 Å². The molecule has 0 saturated heterocycles. The van der Waals surface area contributed by atoms with Crippen molar-refractivity contribution in [1.82, 2.24) is 4.31 Å². The number of hydrogen-bond donors (Lipinski definition) is 2. The normalized spacial score (nSPS) is 15.7. The Morgan fingerprint density at radius 1 is 1.17 bits per heavy atom. The third kappa shape index (κ3) is 6.28. The van der Waals surface area contributed by atoms with E-state index in [-0.39, 0.29) is 30.3 Å². The number of nitrogens with two attached hydrogens (primary N) is 1. The molecule has 0 bridgehead atoms. The zero-order valence-electron chi connectivity index (χ0n) is 17.4. The van der Waals surface area contributed by atoms with Gasteiger partial charge in [-0.05, 0) is 48.8 Å². The molecule has 1 aliphatic carbocycles. The van der Waals surface area contributed by atoms with Crippen molar-refractivity contribution >= 4 is 16.3 Å². The number of carbonyl (C=O) groups is 1. The van der Waals surface area contributed by atoms with Gasteiger partial charge in [0, 0.05) is 24.7 Å². The lowest BCUT2D eigenvalue weighted by atomic mass is 10.00. The average molecular weight is 433 g/mol. The number of aliphatic hydroxyl groups excluding tert-OH is 1. The second-order valence-corrected chi connectivity index (χ2v) is 9.45. The molecule has 2 atom stereocenters. The molecule has 0 aromatic heterocycles. The van der Waals surface area contributed by atoms with E-state index in [0.717, 1.165) is 0 Å². The minimum atomic E-state index is -3.82. The number of carbonyl (C=O) groups excluding carboxylic acids is 1. The first-order valence-corrected chi connectivity index (χ1v) is 11.1. The highest BCUT2D eigenvalue weighted by atomic mass is 32.2. The summed E-state index contributed by atoms with van der Waals surface area (Å²) in [6.07, 6.45) is 3.14. The predicted octanol–water partition coefficient (Wildman–Crippen LogP) is 1.80. The van der Waals surface area contributed by atoms with Crippen molar-refractivity contribution in [3.8, 4) is 5.75 Å². The monoisotopic (exact) mass is 432 g/mol. The van der Waals surface area contributed by atoms with Gasteiger partial charge >= 0.3 is 0 Å². The number of rotatable bonds is 11. The topological polar surface area (TPSA) is 110 Å². The second kappa shape index (κ2) is 10.5. The zero-order valence-corrected chi connectivity index (χ0v) is 18.2. The zero-order chi connectivity index (χ0) is 22.3. The van der Waals surface area contributed by atoms with E-state index >= 15 is 0 Å². The Labute approximate surface area is 177 Å². The van der Waals surface area contributed by atoms with Gasteiger partial charge in [0.1, 0.15) is 5.75 Å². The minimum absolute atomic E-state index is 0.0558. The molecular weight excluding hydrogens is 404 g/mol. The SMILES string of the molecule is COc1ccc(S(=O)(=O)N(CC(C)C)C[C@H](O)[C@@H](N)CC2=C=C=C(C=O)C=C2)cc1. The van der Waals surface area contributed by atoms with Gasteiger partial charge in [0.2, 0.25) is 10.0 Å². The van der Waals surface area contributed by atoms with Crippen molar-refractivity contribution in [1.29, 1.82) is 0 Å². The third-order valence-corrected chi connectivity index (χ3v) is 6.41. The molecule has 0 amide bonds. The summed E-state index contributed by atoms with van der Waals surface area (Å²) in [7, 11) is -2.31. The van der Waals surface area contributed by atoms with Crippen molar-refractivity contribution in [3.63, 3.8) is 0 Å².